The van der Waals surface area contributed by atoms with Crippen molar-refractivity contribution in [3.05, 3.63) is 0 Å². The number of hydrogen-bond donors (Lipinski definition) is 1. The first-order valence-corrected chi connectivity index (χ1v) is 6.87. The van der Waals surface area contributed by atoms with E-state index in [1.165, 1.54) is 13.8 Å². The van der Waals surface area contributed by atoms with Gasteiger partial charge in [-0.15, -0.1) is 0 Å². The summed E-state index contributed by atoms with van der Waals surface area (Å²) in [5, 5.41) is 11.5. The molecule has 0 bridgehead atoms. The average molecular weight is 244 g/mol. The Morgan fingerprint density at radius 1 is 1.50 bits per heavy atom. The molecular weight excluding hydrogens is 228 g/mol. The molecule has 1 aliphatic heterocycles. The van der Waals surface area contributed by atoms with E-state index in [9.17, 15) is 13.2 Å². The molecule has 1 unspecified atom stereocenters. The maximum atomic E-state index is 11.7. The van der Waals surface area contributed by atoms with Gasteiger partial charge in [0.25, 0.3) is 0 Å². The van der Waals surface area contributed by atoms with Crippen molar-refractivity contribution >= 4 is 15.7 Å². The first-order valence-electron chi connectivity index (χ1n) is 5.05. The van der Waals surface area contributed by atoms with E-state index in [0.29, 0.717) is 6.42 Å². The Bertz CT molecular complexity index is 447. The highest BCUT2D eigenvalue weighted by Gasteiger charge is 2.42. The normalized spacial score (nSPS) is 28.4. The zero-order chi connectivity index (χ0) is 12.6. The SMILES string of the molecule is CC1(NC(=O)C(C)(C)C#N)CCS(=O)(=O)C1. The fraction of sp³-hybridized carbons (Fsp3) is 0.800. The van der Waals surface area contributed by atoms with Crippen LogP contribution in [0.2, 0.25) is 0 Å². The molecule has 5 nitrogen and oxygen atoms in total. The highest BCUT2D eigenvalue weighted by Crippen LogP contribution is 2.25. The van der Waals surface area contributed by atoms with Gasteiger partial charge in [0.2, 0.25) is 5.91 Å². The molecule has 1 heterocycles. The minimum Gasteiger partial charge on any atom is -0.349 e. The summed E-state index contributed by atoms with van der Waals surface area (Å²) < 4.78 is 22.7. The lowest BCUT2D eigenvalue weighted by atomic mass is 9.92. The molecule has 6 heteroatoms. The van der Waals surface area contributed by atoms with E-state index in [1.807, 2.05) is 6.07 Å². The summed E-state index contributed by atoms with van der Waals surface area (Å²) in [6.45, 7) is 4.72. The third-order valence-corrected chi connectivity index (χ3v) is 4.67. The van der Waals surface area contributed by atoms with Crippen molar-refractivity contribution in [2.24, 2.45) is 5.41 Å². The van der Waals surface area contributed by atoms with Gasteiger partial charge in [-0.2, -0.15) is 5.26 Å². The van der Waals surface area contributed by atoms with Gasteiger partial charge in [-0.3, -0.25) is 4.79 Å². The fourth-order valence-electron chi connectivity index (χ4n) is 1.59. The van der Waals surface area contributed by atoms with Crippen molar-refractivity contribution < 1.29 is 13.2 Å². The van der Waals surface area contributed by atoms with Gasteiger partial charge in [0.05, 0.1) is 23.1 Å². The van der Waals surface area contributed by atoms with Gasteiger partial charge >= 0.3 is 0 Å². The maximum absolute atomic E-state index is 11.7. The second kappa shape index (κ2) is 3.74. The van der Waals surface area contributed by atoms with E-state index >= 15 is 0 Å². The molecule has 1 aliphatic rings. The molecule has 0 spiro atoms. The molecule has 0 aromatic carbocycles. The predicted molar refractivity (Wildman–Crippen MR) is 59.2 cm³/mol. The molecule has 1 saturated heterocycles. The van der Waals surface area contributed by atoms with Gasteiger partial charge in [0, 0.05) is 0 Å². The van der Waals surface area contributed by atoms with Crippen molar-refractivity contribution in [2.45, 2.75) is 32.7 Å². The summed E-state index contributed by atoms with van der Waals surface area (Å²) in [5.74, 6) is -0.376. The lowest BCUT2D eigenvalue weighted by molar-refractivity contribution is -0.128. The third-order valence-electron chi connectivity index (χ3n) is 2.77. The largest absolute Gasteiger partial charge is 0.349 e. The Morgan fingerprint density at radius 3 is 2.44 bits per heavy atom. The van der Waals surface area contributed by atoms with Crippen LogP contribution in [0.15, 0.2) is 0 Å². The summed E-state index contributed by atoms with van der Waals surface area (Å²) in [5.41, 5.74) is -1.86. The van der Waals surface area contributed by atoms with Crippen LogP contribution in [0.1, 0.15) is 27.2 Å². The van der Waals surface area contributed by atoms with Crippen LogP contribution in [-0.4, -0.2) is 31.4 Å². The highest BCUT2D eigenvalue weighted by molar-refractivity contribution is 7.91. The van der Waals surface area contributed by atoms with Crippen LogP contribution < -0.4 is 5.32 Å². The van der Waals surface area contributed by atoms with Crippen LogP contribution in [0.25, 0.3) is 0 Å². The zero-order valence-electron chi connectivity index (χ0n) is 9.70. The second-order valence-corrected chi connectivity index (χ2v) is 7.28. The van der Waals surface area contributed by atoms with Crippen molar-refractivity contribution in [3.63, 3.8) is 0 Å². The number of hydrogen-bond acceptors (Lipinski definition) is 4. The minimum atomic E-state index is -3.05. The van der Waals surface area contributed by atoms with E-state index in [0.717, 1.165) is 0 Å². The van der Waals surface area contributed by atoms with E-state index in [4.69, 9.17) is 5.26 Å². The van der Waals surface area contributed by atoms with Crippen molar-refractivity contribution in [3.8, 4) is 6.07 Å². The number of amides is 1. The van der Waals surface area contributed by atoms with E-state index < -0.39 is 26.7 Å². The highest BCUT2D eigenvalue weighted by atomic mass is 32.2. The Balaban J connectivity index is 2.78. The number of nitrogens with one attached hydrogen (secondary N) is 1. The minimum absolute atomic E-state index is 0.0484. The number of rotatable bonds is 2. The van der Waals surface area contributed by atoms with Crippen LogP contribution in [0.5, 0.6) is 0 Å². The molecule has 0 aromatic rings. The van der Waals surface area contributed by atoms with Crippen molar-refractivity contribution in [2.75, 3.05) is 11.5 Å². The van der Waals surface area contributed by atoms with Crippen molar-refractivity contribution in [1.82, 2.24) is 5.32 Å². The van der Waals surface area contributed by atoms with Gasteiger partial charge in [-0.1, -0.05) is 0 Å². The zero-order valence-corrected chi connectivity index (χ0v) is 10.5. The Labute approximate surface area is 95.7 Å². The third kappa shape index (κ3) is 2.73. The Kier molecular flexibility index (Phi) is 3.03. The molecule has 0 radical (unpaired) electrons. The molecule has 1 rings (SSSR count). The molecule has 1 atom stereocenters. The molecule has 1 fully saturated rings. The van der Waals surface area contributed by atoms with Gasteiger partial charge in [-0.25, -0.2) is 8.42 Å². The number of nitriles is 1. The molecule has 0 aromatic heterocycles. The summed E-state index contributed by atoms with van der Waals surface area (Å²) >= 11 is 0. The molecule has 1 amide bonds. The predicted octanol–water partition coefficient (Wildman–Crippen LogP) is 0.230. The number of carbonyl (C=O) groups is 1. The first-order chi connectivity index (χ1) is 7.10. The molecular formula is C10H16N2O3S. The number of sulfone groups is 1. The smallest absolute Gasteiger partial charge is 0.240 e. The summed E-state index contributed by atoms with van der Waals surface area (Å²) in [6, 6.07) is 1.89. The molecule has 0 saturated carbocycles. The summed E-state index contributed by atoms with van der Waals surface area (Å²) in [4.78, 5) is 11.7. The standard InChI is InChI=1S/C10H16N2O3S/c1-9(2,6-11)8(13)12-10(3)4-5-16(14,15)7-10/h4-5,7H2,1-3H3,(H,12,13). The second-order valence-electron chi connectivity index (χ2n) is 5.09. The van der Waals surface area contributed by atoms with Gasteiger partial charge in [0.1, 0.15) is 5.41 Å². The number of carbonyl (C=O) groups excluding carboxylic acids is 1. The van der Waals surface area contributed by atoms with Gasteiger partial charge in [0.15, 0.2) is 9.84 Å². The van der Waals surface area contributed by atoms with Crippen molar-refractivity contribution in [1.29, 1.82) is 5.26 Å². The van der Waals surface area contributed by atoms with E-state index in [1.54, 1.807) is 6.92 Å². The quantitative estimate of drug-likeness (QED) is 0.753. The van der Waals surface area contributed by atoms with E-state index in [2.05, 4.69) is 5.32 Å². The van der Waals surface area contributed by atoms with E-state index in [-0.39, 0.29) is 11.5 Å². The van der Waals surface area contributed by atoms with Gasteiger partial charge in [-0.05, 0) is 27.2 Å². The lowest BCUT2D eigenvalue weighted by Gasteiger charge is -2.27. The summed E-state index contributed by atoms with van der Waals surface area (Å²) in [6.07, 6.45) is 0.405. The van der Waals surface area contributed by atoms with Crippen LogP contribution in [-0.2, 0) is 14.6 Å². The lowest BCUT2D eigenvalue weighted by Crippen LogP contribution is -2.51. The molecule has 90 valence electrons. The number of nitrogens with zero attached hydrogens (tertiary/aromatic N) is 1. The Hall–Kier alpha value is -1.09. The van der Waals surface area contributed by atoms with Crippen LogP contribution in [0, 0.1) is 16.7 Å². The van der Waals surface area contributed by atoms with Crippen LogP contribution in [0.3, 0.4) is 0 Å². The molecule has 16 heavy (non-hydrogen) atoms. The first kappa shape index (κ1) is 13.0. The fourth-order valence-corrected chi connectivity index (χ4v) is 3.68. The topological polar surface area (TPSA) is 87.0 Å². The monoisotopic (exact) mass is 244 g/mol. The van der Waals surface area contributed by atoms with Gasteiger partial charge < -0.3 is 5.32 Å². The van der Waals surface area contributed by atoms with Crippen LogP contribution >= 0.6 is 0 Å². The Morgan fingerprint density at radius 2 is 2.06 bits per heavy atom. The molecule has 0 aliphatic carbocycles. The summed E-state index contributed by atoms with van der Waals surface area (Å²) in [7, 11) is -3.05. The van der Waals surface area contributed by atoms with Crippen LogP contribution in [0.4, 0.5) is 0 Å². The average Bonchev–Trinajstić information content (AvgIpc) is 2.40. The molecule has 1 N–H and O–H groups in total. The maximum Gasteiger partial charge on any atom is 0.240 e.